The Morgan fingerprint density at radius 1 is 1.12 bits per heavy atom. The van der Waals surface area contributed by atoms with Gasteiger partial charge in [-0.15, -0.1) is 0 Å². The van der Waals surface area contributed by atoms with Gasteiger partial charge in [0.05, 0.1) is 10.6 Å². The standard InChI is InChI=1S/C18H18N2O5S/c1-19-18(21)15-10-12-4-2-3-5-14(12)20(15)26(22,23)13-6-7-16-17(11-13)25-9-8-24-16/h2-7,11,15H,8-10H2,1H3,(H,19,21). The van der Waals surface area contributed by atoms with E-state index < -0.39 is 16.1 Å². The maximum atomic E-state index is 13.4. The third kappa shape index (κ3) is 2.57. The fourth-order valence-electron chi connectivity index (χ4n) is 3.32. The van der Waals surface area contributed by atoms with Gasteiger partial charge in [0.25, 0.3) is 10.0 Å². The molecule has 1 atom stereocenters. The summed E-state index contributed by atoms with van der Waals surface area (Å²) in [5, 5.41) is 2.56. The van der Waals surface area contributed by atoms with Crippen LogP contribution in [0.25, 0.3) is 0 Å². The van der Waals surface area contributed by atoms with Crippen molar-refractivity contribution in [3.63, 3.8) is 0 Å². The molecule has 1 amide bonds. The molecule has 0 aliphatic carbocycles. The molecule has 2 aromatic carbocycles. The van der Waals surface area contributed by atoms with Crippen LogP contribution in [0.5, 0.6) is 11.5 Å². The van der Waals surface area contributed by atoms with Gasteiger partial charge in [-0.1, -0.05) is 18.2 Å². The average Bonchev–Trinajstić information content (AvgIpc) is 3.07. The maximum absolute atomic E-state index is 13.4. The topological polar surface area (TPSA) is 84.9 Å². The van der Waals surface area contributed by atoms with Gasteiger partial charge in [0.15, 0.2) is 11.5 Å². The summed E-state index contributed by atoms with van der Waals surface area (Å²) in [5.41, 5.74) is 1.35. The number of ether oxygens (including phenoxy) is 2. The zero-order valence-corrected chi connectivity index (χ0v) is 15.0. The van der Waals surface area contributed by atoms with Crippen molar-refractivity contribution in [2.75, 3.05) is 24.6 Å². The molecule has 7 nitrogen and oxygen atoms in total. The molecule has 2 aromatic rings. The lowest BCUT2D eigenvalue weighted by molar-refractivity contribution is -0.121. The predicted molar refractivity (Wildman–Crippen MR) is 95.1 cm³/mol. The Kier molecular flexibility index (Phi) is 3.99. The smallest absolute Gasteiger partial charge is 0.265 e. The van der Waals surface area contributed by atoms with E-state index in [9.17, 15) is 13.2 Å². The Hall–Kier alpha value is -2.74. The summed E-state index contributed by atoms with van der Waals surface area (Å²) < 4.78 is 38.9. The monoisotopic (exact) mass is 374 g/mol. The molecule has 0 fully saturated rings. The van der Waals surface area contributed by atoms with Crippen molar-refractivity contribution >= 4 is 21.6 Å². The highest BCUT2D eigenvalue weighted by atomic mass is 32.2. The number of likely N-dealkylation sites (N-methyl/N-ethyl adjacent to an activating group) is 1. The third-order valence-electron chi connectivity index (χ3n) is 4.54. The molecule has 2 heterocycles. The number of anilines is 1. The fraction of sp³-hybridized carbons (Fsp3) is 0.278. The van der Waals surface area contributed by atoms with Crippen molar-refractivity contribution < 1.29 is 22.7 Å². The summed E-state index contributed by atoms with van der Waals surface area (Å²) in [4.78, 5) is 12.4. The lowest BCUT2D eigenvalue weighted by Gasteiger charge is -2.26. The molecule has 2 aliphatic rings. The van der Waals surface area contributed by atoms with Gasteiger partial charge in [0.2, 0.25) is 5.91 Å². The van der Waals surface area contributed by atoms with Crippen molar-refractivity contribution in [3.05, 3.63) is 48.0 Å². The van der Waals surface area contributed by atoms with Crippen molar-refractivity contribution in [1.82, 2.24) is 5.32 Å². The first-order valence-electron chi connectivity index (χ1n) is 8.26. The van der Waals surface area contributed by atoms with Gasteiger partial charge < -0.3 is 14.8 Å². The minimum atomic E-state index is -3.95. The van der Waals surface area contributed by atoms with Crippen LogP contribution in [0, 0.1) is 0 Å². The van der Waals surface area contributed by atoms with Crippen LogP contribution in [-0.4, -0.2) is 40.6 Å². The van der Waals surface area contributed by atoms with E-state index in [-0.39, 0.29) is 10.8 Å². The Bertz CT molecular complexity index is 973. The van der Waals surface area contributed by atoms with E-state index in [1.54, 1.807) is 18.2 Å². The third-order valence-corrected chi connectivity index (χ3v) is 6.36. The average molecular weight is 374 g/mol. The molecule has 8 heteroatoms. The van der Waals surface area contributed by atoms with Crippen LogP contribution in [-0.2, 0) is 21.2 Å². The Morgan fingerprint density at radius 3 is 2.62 bits per heavy atom. The number of hydrogen-bond donors (Lipinski definition) is 1. The zero-order valence-electron chi connectivity index (χ0n) is 14.1. The molecular formula is C18H18N2O5S. The summed E-state index contributed by atoms with van der Waals surface area (Å²) in [6, 6.07) is 10.8. The number of carbonyl (C=O) groups is 1. The summed E-state index contributed by atoms with van der Waals surface area (Å²) >= 11 is 0. The minimum Gasteiger partial charge on any atom is -0.486 e. The van der Waals surface area contributed by atoms with E-state index in [1.807, 2.05) is 12.1 Å². The molecule has 4 rings (SSSR count). The first-order valence-corrected chi connectivity index (χ1v) is 9.70. The molecule has 0 bridgehead atoms. The molecule has 1 N–H and O–H groups in total. The molecule has 0 aromatic heterocycles. The Morgan fingerprint density at radius 2 is 1.85 bits per heavy atom. The molecule has 26 heavy (non-hydrogen) atoms. The highest BCUT2D eigenvalue weighted by Crippen LogP contribution is 2.39. The number of fused-ring (bicyclic) bond motifs is 2. The minimum absolute atomic E-state index is 0.0624. The summed E-state index contributed by atoms with van der Waals surface area (Å²) in [6.45, 7) is 0.793. The van der Waals surface area contributed by atoms with Gasteiger partial charge in [0, 0.05) is 19.5 Å². The molecule has 0 saturated carbocycles. The number of hydrogen-bond acceptors (Lipinski definition) is 5. The highest BCUT2D eigenvalue weighted by Gasteiger charge is 2.42. The van der Waals surface area contributed by atoms with Gasteiger partial charge >= 0.3 is 0 Å². The second-order valence-corrected chi connectivity index (χ2v) is 7.88. The van der Waals surface area contributed by atoms with Gasteiger partial charge in [-0.05, 0) is 23.8 Å². The fourth-order valence-corrected chi connectivity index (χ4v) is 4.98. The molecule has 0 spiro atoms. The molecule has 136 valence electrons. The number of amides is 1. The molecule has 1 unspecified atom stereocenters. The number of carbonyl (C=O) groups excluding carboxylic acids is 1. The van der Waals surface area contributed by atoms with Crippen molar-refractivity contribution in [2.24, 2.45) is 0 Å². The number of nitrogens with zero attached hydrogens (tertiary/aromatic N) is 1. The number of rotatable bonds is 3. The predicted octanol–water partition coefficient (Wildman–Crippen LogP) is 1.32. The SMILES string of the molecule is CNC(=O)C1Cc2ccccc2N1S(=O)(=O)c1ccc2c(c1)OCCO2. The van der Waals surface area contributed by atoms with Crippen molar-refractivity contribution in [1.29, 1.82) is 0 Å². The van der Waals surface area contributed by atoms with E-state index in [1.165, 1.54) is 23.5 Å². The van der Waals surface area contributed by atoms with Crippen LogP contribution in [0.2, 0.25) is 0 Å². The van der Waals surface area contributed by atoms with Crippen molar-refractivity contribution in [3.8, 4) is 11.5 Å². The van der Waals surface area contributed by atoms with Crippen LogP contribution in [0.1, 0.15) is 5.56 Å². The van der Waals surface area contributed by atoms with Crippen LogP contribution in [0.15, 0.2) is 47.4 Å². The summed E-state index contributed by atoms with van der Waals surface area (Å²) in [7, 11) is -2.45. The lowest BCUT2D eigenvalue weighted by atomic mass is 10.1. The molecule has 2 aliphatic heterocycles. The summed E-state index contributed by atoms with van der Waals surface area (Å²) in [5.74, 6) is 0.559. The van der Waals surface area contributed by atoms with E-state index in [4.69, 9.17) is 9.47 Å². The van der Waals surface area contributed by atoms with Crippen LogP contribution < -0.4 is 19.1 Å². The van der Waals surface area contributed by atoms with Crippen molar-refractivity contribution in [2.45, 2.75) is 17.4 Å². The van der Waals surface area contributed by atoms with Gasteiger partial charge in [-0.2, -0.15) is 0 Å². The van der Waals surface area contributed by atoms with E-state index >= 15 is 0 Å². The Balaban J connectivity index is 1.81. The molecule has 0 saturated heterocycles. The van der Waals surface area contributed by atoms with E-state index in [0.717, 1.165) is 5.56 Å². The second-order valence-electron chi connectivity index (χ2n) is 6.07. The van der Waals surface area contributed by atoms with Gasteiger partial charge in [-0.3, -0.25) is 9.10 Å². The normalized spacial score (nSPS) is 18.3. The van der Waals surface area contributed by atoms with E-state index in [2.05, 4.69) is 5.32 Å². The number of para-hydroxylation sites is 1. The number of benzene rings is 2. The van der Waals surface area contributed by atoms with Gasteiger partial charge in [-0.25, -0.2) is 8.42 Å². The lowest BCUT2D eigenvalue weighted by Crippen LogP contribution is -2.47. The number of sulfonamides is 1. The first kappa shape index (κ1) is 16.7. The highest BCUT2D eigenvalue weighted by molar-refractivity contribution is 7.93. The molecule has 0 radical (unpaired) electrons. The van der Waals surface area contributed by atoms with Crippen LogP contribution in [0.4, 0.5) is 5.69 Å². The van der Waals surface area contributed by atoms with E-state index in [0.29, 0.717) is 36.8 Å². The van der Waals surface area contributed by atoms with Gasteiger partial charge in [0.1, 0.15) is 19.3 Å². The second kappa shape index (κ2) is 6.21. The summed E-state index contributed by atoms with van der Waals surface area (Å²) in [6.07, 6.45) is 0.333. The molecular weight excluding hydrogens is 356 g/mol. The number of nitrogens with one attached hydrogen (secondary N) is 1. The largest absolute Gasteiger partial charge is 0.486 e. The Labute approximate surface area is 151 Å². The maximum Gasteiger partial charge on any atom is 0.265 e. The van der Waals surface area contributed by atoms with Crippen LogP contribution in [0.3, 0.4) is 0 Å². The first-order chi connectivity index (χ1) is 12.5. The van der Waals surface area contributed by atoms with Crippen LogP contribution >= 0.6 is 0 Å². The zero-order chi connectivity index (χ0) is 18.3. The quantitative estimate of drug-likeness (QED) is 0.876.